The highest BCUT2D eigenvalue weighted by atomic mass is 35.5. The van der Waals surface area contributed by atoms with Gasteiger partial charge in [-0.05, 0) is 30.7 Å². The third-order valence-corrected chi connectivity index (χ3v) is 2.75. The van der Waals surface area contributed by atoms with Crippen LogP contribution in [0.5, 0.6) is 0 Å². The smallest absolute Gasteiger partial charge is 0.0441 e. The maximum Gasteiger partial charge on any atom is 0.0441 e. The van der Waals surface area contributed by atoms with Crippen LogP contribution in [0.25, 0.3) is 0 Å². The number of hydrogen-bond acceptors (Lipinski definition) is 1. The topological polar surface area (TPSA) is 3.24 Å². The summed E-state index contributed by atoms with van der Waals surface area (Å²) in [5.41, 5.74) is 2.73. The first-order chi connectivity index (χ1) is 5.77. The first kappa shape index (κ1) is 8.09. The highest BCUT2D eigenvalue weighted by Crippen LogP contribution is 2.24. The zero-order chi connectivity index (χ0) is 8.55. The van der Waals surface area contributed by atoms with Crippen LogP contribution in [0.4, 0.5) is 0 Å². The van der Waals surface area contributed by atoms with Crippen LogP contribution >= 0.6 is 11.6 Å². The van der Waals surface area contributed by atoms with Crippen molar-refractivity contribution < 1.29 is 0 Å². The van der Waals surface area contributed by atoms with Gasteiger partial charge in [-0.15, -0.1) is 0 Å². The van der Waals surface area contributed by atoms with Crippen molar-refractivity contribution in [3.8, 4) is 0 Å². The van der Waals surface area contributed by atoms with Gasteiger partial charge in [-0.3, -0.25) is 0 Å². The highest BCUT2D eigenvalue weighted by molar-refractivity contribution is 6.31. The first-order valence-corrected chi connectivity index (χ1v) is 4.60. The van der Waals surface area contributed by atoms with Crippen molar-refractivity contribution in [2.24, 2.45) is 0 Å². The molecule has 0 saturated heterocycles. The Morgan fingerprint density at radius 3 is 3.08 bits per heavy atom. The van der Waals surface area contributed by atoms with Crippen LogP contribution in [0.3, 0.4) is 0 Å². The van der Waals surface area contributed by atoms with Crippen molar-refractivity contribution in [1.29, 1.82) is 0 Å². The second kappa shape index (κ2) is 3.08. The van der Waals surface area contributed by atoms with E-state index in [1.165, 1.54) is 11.1 Å². The molecular weight excluding hydrogens is 170 g/mol. The van der Waals surface area contributed by atoms with E-state index in [0.29, 0.717) is 0 Å². The summed E-state index contributed by atoms with van der Waals surface area (Å²) in [6.45, 7) is 2.16. The third-order valence-electron chi connectivity index (χ3n) is 2.40. The fraction of sp³-hybridized carbons (Fsp3) is 0.400. The van der Waals surface area contributed by atoms with Gasteiger partial charge in [-0.25, -0.2) is 0 Å². The molecule has 1 heterocycles. The lowest BCUT2D eigenvalue weighted by Crippen LogP contribution is -2.26. The van der Waals surface area contributed by atoms with E-state index in [-0.39, 0.29) is 0 Å². The van der Waals surface area contributed by atoms with Crippen LogP contribution in [0, 0.1) is 0 Å². The molecule has 1 aromatic rings. The molecule has 0 saturated carbocycles. The summed E-state index contributed by atoms with van der Waals surface area (Å²) in [5, 5.41) is 0.931. The van der Waals surface area contributed by atoms with Crippen LogP contribution in [0.15, 0.2) is 18.2 Å². The van der Waals surface area contributed by atoms with Crippen molar-refractivity contribution in [2.75, 3.05) is 13.6 Å². The normalized spacial score (nSPS) is 17.5. The Hall–Kier alpha value is -0.530. The van der Waals surface area contributed by atoms with Crippen molar-refractivity contribution >= 4 is 11.6 Å². The number of nitrogens with zero attached hydrogens (tertiary/aromatic N) is 1. The average molecular weight is 182 g/mol. The van der Waals surface area contributed by atoms with E-state index in [4.69, 9.17) is 11.6 Å². The third kappa shape index (κ3) is 1.35. The molecule has 1 aliphatic rings. The molecule has 0 radical (unpaired) electrons. The fourth-order valence-electron chi connectivity index (χ4n) is 1.70. The Kier molecular flexibility index (Phi) is 2.07. The number of halogens is 1. The lowest BCUT2D eigenvalue weighted by atomic mass is 10.0. The minimum absolute atomic E-state index is 0.931. The number of rotatable bonds is 0. The van der Waals surface area contributed by atoms with E-state index >= 15 is 0 Å². The van der Waals surface area contributed by atoms with Crippen molar-refractivity contribution in [1.82, 2.24) is 4.90 Å². The molecule has 0 unspecified atom stereocenters. The molecule has 12 heavy (non-hydrogen) atoms. The SMILES string of the molecule is CN1CCc2c(Cl)cccc2C1. The molecule has 0 N–H and O–H groups in total. The van der Waals surface area contributed by atoms with Gasteiger partial charge in [0.15, 0.2) is 0 Å². The van der Waals surface area contributed by atoms with Crippen LogP contribution in [0.1, 0.15) is 11.1 Å². The number of hydrogen-bond donors (Lipinski definition) is 0. The summed E-state index contributed by atoms with van der Waals surface area (Å²) in [6.07, 6.45) is 1.09. The molecule has 0 bridgehead atoms. The Morgan fingerprint density at radius 2 is 2.25 bits per heavy atom. The largest absolute Gasteiger partial charge is 0.302 e. The lowest BCUT2D eigenvalue weighted by molar-refractivity contribution is 0.313. The summed E-state index contributed by atoms with van der Waals surface area (Å²) in [5.74, 6) is 0. The Balaban J connectivity index is 2.42. The fourth-order valence-corrected chi connectivity index (χ4v) is 1.99. The first-order valence-electron chi connectivity index (χ1n) is 4.22. The van der Waals surface area contributed by atoms with Gasteiger partial charge in [0.05, 0.1) is 0 Å². The van der Waals surface area contributed by atoms with E-state index in [9.17, 15) is 0 Å². The Bertz CT molecular complexity index is 296. The molecule has 0 amide bonds. The van der Waals surface area contributed by atoms with Gasteiger partial charge in [0.1, 0.15) is 0 Å². The van der Waals surface area contributed by atoms with Gasteiger partial charge < -0.3 is 4.90 Å². The zero-order valence-electron chi connectivity index (χ0n) is 7.18. The molecule has 1 aromatic carbocycles. The second-order valence-corrected chi connectivity index (χ2v) is 3.77. The summed E-state index contributed by atoms with van der Waals surface area (Å²) in [6, 6.07) is 6.17. The quantitative estimate of drug-likeness (QED) is 0.594. The van der Waals surface area contributed by atoms with E-state index < -0.39 is 0 Å². The maximum absolute atomic E-state index is 6.07. The van der Waals surface area contributed by atoms with Gasteiger partial charge in [-0.2, -0.15) is 0 Å². The summed E-state index contributed by atoms with van der Waals surface area (Å²) >= 11 is 6.07. The molecule has 2 heteroatoms. The van der Waals surface area contributed by atoms with E-state index in [1.807, 2.05) is 12.1 Å². The van der Waals surface area contributed by atoms with Crippen molar-refractivity contribution in [2.45, 2.75) is 13.0 Å². The van der Waals surface area contributed by atoms with Crippen LogP contribution in [-0.4, -0.2) is 18.5 Å². The Morgan fingerprint density at radius 1 is 1.42 bits per heavy atom. The molecule has 64 valence electrons. The van der Waals surface area contributed by atoms with Crippen LogP contribution in [-0.2, 0) is 13.0 Å². The predicted octanol–water partition coefficient (Wildman–Crippen LogP) is 2.33. The summed E-state index contributed by atoms with van der Waals surface area (Å²) < 4.78 is 0. The van der Waals surface area contributed by atoms with Crippen LogP contribution in [0.2, 0.25) is 5.02 Å². The van der Waals surface area contributed by atoms with Gasteiger partial charge in [0.25, 0.3) is 0 Å². The molecule has 0 atom stereocenters. The molecule has 0 spiro atoms. The van der Waals surface area contributed by atoms with Crippen molar-refractivity contribution in [3.63, 3.8) is 0 Å². The second-order valence-electron chi connectivity index (χ2n) is 3.37. The monoisotopic (exact) mass is 181 g/mol. The minimum atomic E-state index is 0.931. The van der Waals surface area contributed by atoms with Gasteiger partial charge in [0, 0.05) is 18.1 Å². The van der Waals surface area contributed by atoms with Gasteiger partial charge in [0.2, 0.25) is 0 Å². The zero-order valence-corrected chi connectivity index (χ0v) is 7.93. The minimum Gasteiger partial charge on any atom is -0.302 e. The predicted molar refractivity (Wildman–Crippen MR) is 51.5 cm³/mol. The van der Waals surface area contributed by atoms with E-state index in [1.54, 1.807) is 0 Å². The number of likely N-dealkylation sites (N-methyl/N-ethyl adjacent to an activating group) is 1. The average Bonchev–Trinajstić information content (AvgIpc) is 2.04. The van der Waals surface area contributed by atoms with Gasteiger partial charge >= 0.3 is 0 Å². The molecular formula is C10H12ClN. The Labute approximate surface area is 77.9 Å². The summed E-state index contributed by atoms with van der Waals surface area (Å²) in [4.78, 5) is 2.32. The molecule has 0 aliphatic carbocycles. The highest BCUT2D eigenvalue weighted by Gasteiger charge is 2.14. The van der Waals surface area contributed by atoms with Gasteiger partial charge in [-0.1, -0.05) is 23.7 Å². The molecule has 1 nitrogen and oxygen atoms in total. The molecule has 0 fully saturated rings. The molecule has 0 aromatic heterocycles. The maximum atomic E-state index is 6.07. The van der Waals surface area contributed by atoms with E-state index in [2.05, 4.69) is 18.0 Å². The number of fused-ring (bicyclic) bond motifs is 1. The van der Waals surface area contributed by atoms with Crippen molar-refractivity contribution in [3.05, 3.63) is 34.3 Å². The lowest BCUT2D eigenvalue weighted by Gasteiger charge is -2.25. The molecule has 2 rings (SSSR count). The standard InChI is InChI=1S/C10H12ClN/c1-12-6-5-9-8(7-12)3-2-4-10(9)11/h2-4H,5-7H2,1H3. The van der Waals surface area contributed by atoms with E-state index in [0.717, 1.165) is 24.5 Å². The molecule has 1 aliphatic heterocycles. The number of benzene rings is 1. The summed E-state index contributed by atoms with van der Waals surface area (Å²) in [7, 11) is 2.14. The van der Waals surface area contributed by atoms with Crippen LogP contribution < -0.4 is 0 Å².